The molecule has 0 N–H and O–H groups in total. The normalized spacial score (nSPS) is 10.6. The molecule has 0 aliphatic heterocycles. The molecule has 0 saturated carbocycles. The highest BCUT2D eigenvalue weighted by atomic mass is 35.5. The first-order chi connectivity index (χ1) is 8.34. The van der Waals surface area contributed by atoms with Gasteiger partial charge in [-0.25, -0.2) is 0 Å². The average Bonchev–Trinajstić information content (AvgIpc) is 2.39. The van der Waals surface area contributed by atoms with Crippen molar-refractivity contribution in [1.82, 2.24) is 4.98 Å². The molecule has 0 saturated heterocycles. The number of rotatable bonds is 1. The molecule has 2 heteroatoms. The van der Waals surface area contributed by atoms with Gasteiger partial charge in [-0.3, -0.25) is 4.98 Å². The molecule has 0 unspecified atom stereocenters. The Kier molecular flexibility index (Phi) is 2.54. The Morgan fingerprint density at radius 1 is 1.00 bits per heavy atom. The zero-order chi connectivity index (χ0) is 11.7. The Balaban J connectivity index is 2.31. The lowest BCUT2D eigenvalue weighted by atomic mass is 10.0. The summed E-state index contributed by atoms with van der Waals surface area (Å²) in [6.07, 6.45) is 1.70. The van der Waals surface area contributed by atoms with E-state index in [2.05, 4.69) is 23.2 Å². The third-order valence-electron chi connectivity index (χ3n) is 2.70. The smallest absolute Gasteiger partial charge is 0.0723 e. The van der Waals surface area contributed by atoms with Crippen LogP contribution in [-0.4, -0.2) is 4.98 Å². The van der Waals surface area contributed by atoms with Crippen molar-refractivity contribution < 1.29 is 0 Å². The first kappa shape index (κ1) is 10.3. The molecule has 1 aromatic heterocycles. The van der Waals surface area contributed by atoms with Crippen LogP contribution in [0.1, 0.15) is 0 Å². The second kappa shape index (κ2) is 4.19. The highest BCUT2D eigenvalue weighted by Gasteiger charge is 2.04. The molecular formula is C15H9ClN. The summed E-state index contributed by atoms with van der Waals surface area (Å²) in [6, 6.07) is 19.1. The maximum Gasteiger partial charge on any atom is 0.0723 e. The van der Waals surface area contributed by atoms with Gasteiger partial charge in [0, 0.05) is 28.2 Å². The van der Waals surface area contributed by atoms with Gasteiger partial charge in [-0.2, -0.15) is 0 Å². The Labute approximate surface area is 105 Å². The van der Waals surface area contributed by atoms with Crippen LogP contribution < -0.4 is 0 Å². The van der Waals surface area contributed by atoms with E-state index in [0.717, 1.165) is 22.0 Å². The van der Waals surface area contributed by atoms with Gasteiger partial charge >= 0.3 is 0 Å². The Morgan fingerprint density at radius 2 is 1.82 bits per heavy atom. The minimum Gasteiger partial charge on any atom is -0.256 e. The number of benzene rings is 2. The van der Waals surface area contributed by atoms with Crippen LogP contribution >= 0.6 is 11.6 Å². The van der Waals surface area contributed by atoms with E-state index >= 15 is 0 Å². The molecule has 1 radical (unpaired) electrons. The summed E-state index contributed by atoms with van der Waals surface area (Å²) in [6.45, 7) is 0. The predicted octanol–water partition coefficient (Wildman–Crippen LogP) is 4.36. The maximum atomic E-state index is 5.97. The van der Waals surface area contributed by atoms with Gasteiger partial charge in [-0.15, -0.1) is 0 Å². The summed E-state index contributed by atoms with van der Waals surface area (Å²) in [5.74, 6) is 0. The SMILES string of the molecule is Clc1ccc2c(-c3ccccc3)[c]cnc2c1. The van der Waals surface area contributed by atoms with E-state index in [1.807, 2.05) is 36.4 Å². The molecule has 0 bridgehead atoms. The topological polar surface area (TPSA) is 12.9 Å². The van der Waals surface area contributed by atoms with Crippen molar-refractivity contribution in [3.05, 3.63) is 65.8 Å². The Bertz CT molecular complexity index is 662. The van der Waals surface area contributed by atoms with Gasteiger partial charge in [-0.05, 0) is 17.7 Å². The summed E-state index contributed by atoms with van der Waals surface area (Å²) >= 11 is 5.97. The van der Waals surface area contributed by atoms with Gasteiger partial charge in [0.05, 0.1) is 5.52 Å². The summed E-state index contributed by atoms with van der Waals surface area (Å²) in [5.41, 5.74) is 3.10. The van der Waals surface area contributed by atoms with E-state index < -0.39 is 0 Å². The van der Waals surface area contributed by atoms with Crippen LogP contribution in [0.3, 0.4) is 0 Å². The van der Waals surface area contributed by atoms with E-state index in [9.17, 15) is 0 Å². The fourth-order valence-electron chi connectivity index (χ4n) is 1.91. The quantitative estimate of drug-likeness (QED) is 0.614. The van der Waals surface area contributed by atoms with E-state index in [4.69, 9.17) is 11.6 Å². The molecule has 1 heterocycles. The van der Waals surface area contributed by atoms with E-state index in [1.165, 1.54) is 0 Å². The van der Waals surface area contributed by atoms with Gasteiger partial charge in [0.25, 0.3) is 0 Å². The minimum absolute atomic E-state index is 0.704. The van der Waals surface area contributed by atoms with Crippen molar-refractivity contribution >= 4 is 22.5 Å². The first-order valence-corrected chi connectivity index (χ1v) is 5.74. The number of hydrogen-bond acceptors (Lipinski definition) is 1. The zero-order valence-corrected chi connectivity index (χ0v) is 9.78. The molecule has 0 amide bonds. The number of halogens is 1. The first-order valence-electron chi connectivity index (χ1n) is 5.36. The molecule has 3 rings (SSSR count). The lowest BCUT2D eigenvalue weighted by Crippen LogP contribution is -1.84. The second-order valence-corrected chi connectivity index (χ2v) is 4.24. The molecular weight excluding hydrogens is 230 g/mol. The van der Waals surface area contributed by atoms with Crippen LogP contribution in [0, 0.1) is 6.07 Å². The van der Waals surface area contributed by atoms with E-state index in [0.29, 0.717) is 5.02 Å². The van der Waals surface area contributed by atoms with Crippen LogP contribution in [0.25, 0.3) is 22.0 Å². The second-order valence-electron chi connectivity index (χ2n) is 3.81. The van der Waals surface area contributed by atoms with Crippen molar-refractivity contribution in [2.45, 2.75) is 0 Å². The molecule has 0 fully saturated rings. The van der Waals surface area contributed by atoms with Crippen molar-refractivity contribution in [3.63, 3.8) is 0 Å². The average molecular weight is 239 g/mol. The van der Waals surface area contributed by atoms with Gasteiger partial charge in [0.1, 0.15) is 0 Å². The van der Waals surface area contributed by atoms with Crippen molar-refractivity contribution in [2.75, 3.05) is 0 Å². The summed E-state index contributed by atoms with van der Waals surface area (Å²) < 4.78 is 0. The third kappa shape index (κ3) is 1.90. The van der Waals surface area contributed by atoms with Crippen LogP contribution in [0.15, 0.2) is 54.7 Å². The van der Waals surface area contributed by atoms with Crippen LogP contribution in [0.5, 0.6) is 0 Å². The molecule has 81 valence electrons. The van der Waals surface area contributed by atoms with Crippen LogP contribution in [-0.2, 0) is 0 Å². The molecule has 2 aromatic carbocycles. The lowest BCUT2D eigenvalue weighted by molar-refractivity contribution is 1.40. The Hall–Kier alpha value is -1.86. The van der Waals surface area contributed by atoms with Gasteiger partial charge in [0.2, 0.25) is 0 Å². The van der Waals surface area contributed by atoms with Crippen molar-refractivity contribution in [1.29, 1.82) is 0 Å². The van der Waals surface area contributed by atoms with Crippen molar-refractivity contribution in [3.8, 4) is 11.1 Å². The fraction of sp³-hybridized carbons (Fsp3) is 0. The van der Waals surface area contributed by atoms with E-state index in [-0.39, 0.29) is 0 Å². The molecule has 0 spiro atoms. The number of hydrogen-bond donors (Lipinski definition) is 0. The lowest BCUT2D eigenvalue weighted by Gasteiger charge is -2.05. The maximum absolute atomic E-state index is 5.97. The van der Waals surface area contributed by atoms with E-state index in [1.54, 1.807) is 6.20 Å². The highest BCUT2D eigenvalue weighted by molar-refractivity contribution is 6.31. The largest absolute Gasteiger partial charge is 0.256 e. The van der Waals surface area contributed by atoms with Crippen molar-refractivity contribution in [2.24, 2.45) is 0 Å². The van der Waals surface area contributed by atoms with Gasteiger partial charge in [-0.1, -0.05) is 48.0 Å². The standard InChI is InChI=1S/C15H9ClN/c16-12-6-7-14-13(8-9-17-15(14)10-12)11-4-2-1-3-5-11/h1-7,9-10H. The highest BCUT2D eigenvalue weighted by Crippen LogP contribution is 2.28. The number of pyridine rings is 1. The molecule has 3 aromatic rings. The number of aromatic nitrogens is 1. The van der Waals surface area contributed by atoms with Gasteiger partial charge < -0.3 is 0 Å². The zero-order valence-electron chi connectivity index (χ0n) is 9.02. The molecule has 17 heavy (non-hydrogen) atoms. The van der Waals surface area contributed by atoms with Crippen LogP contribution in [0.4, 0.5) is 0 Å². The van der Waals surface area contributed by atoms with Gasteiger partial charge in [0.15, 0.2) is 0 Å². The third-order valence-corrected chi connectivity index (χ3v) is 2.94. The molecule has 1 nitrogen and oxygen atoms in total. The summed E-state index contributed by atoms with van der Waals surface area (Å²) in [7, 11) is 0. The van der Waals surface area contributed by atoms with Crippen LogP contribution in [0.2, 0.25) is 5.02 Å². The number of fused-ring (bicyclic) bond motifs is 1. The summed E-state index contributed by atoms with van der Waals surface area (Å²) in [5, 5.41) is 1.78. The predicted molar refractivity (Wildman–Crippen MR) is 71.0 cm³/mol. The molecule has 0 aliphatic carbocycles. The fourth-order valence-corrected chi connectivity index (χ4v) is 2.08. The molecule has 0 atom stereocenters. The number of nitrogens with zero attached hydrogens (tertiary/aromatic N) is 1. The summed E-state index contributed by atoms with van der Waals surface area (Å²) in [4.78, 5) is 4.29. The Morgan fingerprint density at radius 3 is 2.65 bits per heavy atom. The molecule has 0 aliphatic rings. The minimum atomic E-state index is 0.704. The monoisotopic (exact) mass is 238 g/mol.